The zero-order chi connectivity index (χ0) is 24.6. The maximum absolute atomic E-state index is 14.6. The molecule has 0 bridgehead atoms. The number of rotatable bonds is 6. The van der Waals surface area contributed by atoms with Gasteiger partial charge in [-0.1, -0.05) is 63.0 Å². The summed E-state index contributed by atoms with van der Waals surface area (Å²) in [5.74, 6) is 6.12. The van der Waals surface area contributed by atoms with E-state index in [4.69, 9.17) is 9.84 Å². The molecule has 2 aromatic carbocycles. The maximum Gasteiger partial charge on any atom is 0.186 e. The van der Waals surface area contributed by atoms with Crippen LogP contribution in [0.2, 0.25) is 0 Å². The van der Waals surface area contributed by atoms with Gasteiger partial charge >= 0.3 is 0 Å². The molecule has 3 aromatic rings. The number of unbranched alkanes of at least 4 members (excludes halogenated alkanes) is 1. The molecule has 182 valence electrons. The number of aromatic nitrogens is 2. The predicted octanol–water partition coefficient (Wildman–Crippen LogP) is 7.38. The van der Waals surface area contributed by atoms with Gasteiger partial charge in [0.1, 0.15) is 5.69 Å². The van der Waals surface area contributed by atoms with Gasteiger partial charge in [0.15, 0.2) is 17.3 Å². The number of benzene rings is 2. The lowest BCUT2D eigenvalue weighted by Crippen LogP contribution is -2.17. The van der Waals surface area contributed by atoms with Crippen LogP contribution in [-0.4, -0.2) is 22.7 Å². The molecule has 0 radical (unpaired) electrons. The van der Waals surface area contributed by atoms with Crippen molar-refractivity contribution >= 4 is 5.78 Å². The highest BCUT2D eigenvalue weighted by atomic mass is 19.1. The fourth-order valence-corrected chi connectivity index (χ4v) is 4.63. The zero-order valence-corrected chi connectivity index (χ0v) is 20.6. The third kappa shape index (κ3) is 6.00. The van der Waals surface area contributed by atoms with Crippen LogP contribution in [0.4, 0.5) is 4.39 Å². The van der Waals surface area contributed by atoms with E-state index in [0.717, 1.165) is 55.3 Å². The first kappa shape index (κ1) is 24.7. The van der Waals surface area contributed by atoms with Crippen LogP contribution in [-0.2, 0) is 0 Å². The zero-order valence-electron chi connectivity index (χ0n) is 20.6. The molecule has 1 saturated carbocycles. The summed E-state index contributed by atoms with van der Waals surface area (Å²) in [6.45, 7) is 2.11. The van der Waals surface area contributed by atoms with E-state index >= 15 is 0 Å². The molecule has 5 heteroatoms. The van der Waals surface area contributed by atoms with Gasteiger partial charge in [-0.15, -0.1) is 0 Å². The van der Waals surface area contributed by atoms with E-state index in [2.05, 4.69) is 18.8 Å². The molecule has 0 spiro atoms. The first-order valence-corrected chi connectivity index (χ1v) is 12.7. The van der Waals surface area contributed by atoms with Crippen LogP contribution in [0, 0.1) is 23.6 Å². The van der Waals surface area contributed by atoms with Crippen molar-refractivity contribution in [3.05, 3.63) is 65.6 Å². The number of carbonyl (C=O) groups is 1. The summed E-state index contributed by atoms with van der Waals surface area (Å²) in [7, 11) is 1.44. The molecule has 4 nitrogen and oxygen atoms in total. The van der Waals surface area contributed by atoms with Gasteiger partial charge in [0.25, 0.3) is 0 Å². The quantitative estimate of drug-likeness (QED) is 0.278. The van der Waals surface area contributed by atoms with E-state index in [1.165, 1.54) is 32.4 Å². The lowest BCUT2D eigenvalue weighted by atomic mass is 9.87. The summed E-state index contributed by atoms with van der Waals surface area (Å²) in [6.07, 6.45) is 9.48. The summed E-state index contributed by atoms with van der Waals surface area (Å²) in [5, 5.41) is 4.70. The van der Waals surface area contributed by atoms with Gasteiger partial charge in [-0.3, -0.25) is 4.79 Å². The average Bonchev–Trinajstić information content (AvgIpc) is 3.30. The molecule has 1 aromatic heterocycles. The standard InChI is InChI=1S/C30H33FN2O2/c1-3-4-8-11-22-14-16-23(17-15-22)28-21-27(30(34)24-12-9-6-5-7-10-13-24)32-33(28)25-18-19-29(35-2)26(31)20-25/h14-21,24H,3-7,9-10,12-13H2,1-2H3. The normalized spacial score (nSPS) is 14.5. The number of methoxy groups -OCH3 is 1. The number of hydrogen-bond donors (Lipinski definition) is 0. The highest BCUT2D eigenvalue weighted by Crippen LogP contribution is 2.30. The van der Waals surface area contributed by atoms with Crippen LogP contribution in [0.25, 0.3) is 16.9 Å². The van der Waals surface area contributed by atoms with Crippen molar-refractivity contribution in [1.29, 1.82) is 0 Å². The monoisotopic (exact) mass is 472 g/mol. The van der Waals surface area contributed by atoms with Gasteiger partial charge < -0.3 is 4.74 Å². The van der Waals surface area contributed by atoms with E-state index in [9.17, 15) is 9.18 Å². The number of ether oxygens (including phenoxy) is 1. The molecule has 1 fully saturated rings. The minimum Gasteiger partial charge on any atom is -0.494 e. The topological polar surface area (TPSA) is 44.1 Å². The second-order valence-corrected chi connectivity index (χ2v) is 9.18. The van der Waals surface area contributed by atoms with Gasteiger partial charge in [-0.25, -0.2) is 9.07 Å². The first-order chi connectivity index (χ1) is 17.1. The van der Waals surface area contributed by atoms with Gasteiger partial charge in [-0.2, -0.15) is 5.10 Å². The summed E-state index contributed by atoms with van der Waals surface area (Å²) >= 11 is 0. The Morgan fingerprint density at radius 2 is 1.77 bits per heavy atom. The molecular weight excluding hydrogens is 439 g/mol. The smallest absolute Gasteiger partial charge is 0.186 e. The van der Waals surface area contributed by atoms with Crippen LogP contribution < -0.4 is 4.74 Å². The molecule has 1 aliphatic rings. The van der Waals surface area contributed by atoms with Crippen LogP contribution in [0.5, 0.6) is 5.75 Å². The Hall–Kier alpha value is -3.39. The van der Waals surface area contributed by atoms with Crippen molar-refractivity contribution in [2.75, 3.05) is 7.11 Å². The number of ketones is 1. The highest BCUT2D eigenvalue weighted by molar-refractivity contribution is 5.97. The molecule has 0 saturated heterocycles. The molecular formula is C30H33FN2O2. The van der Waals surface area contributed by atoms with Gasteiger partial charge in [-0.05, 0) is 49.6 Å². The predicted molar refractivity (Wildman–Crippen MR) is 137 cm³/mol. The fourth-order valence-electron chi connectivity index (χ4n) is 4.63. The Kier molecular flexibility index (Phi) is 8.36. The van der Waals surface area contributed by atoms with Gasteiger partial charge in [0.05, 0.1) is 18.5 Å². The second kappa shape index (κ2) is 11.8. The lowest BCUT2D eigenvalue weighted by molar-refractivity contribution is 0.0892. The molecule has 1 heterocycles. The Morgan fingerprint density at radius 1 is 1.06 bits per heavy atom. The van der Waals surface area contributed by atoms with Crippen LogP contribution in [0.1, 0.15) is 80.8 Å². The van der Waals surface area contributed by atoms with Crippen molar-refractivity contribution in [2.24, 2.45) is 5.92 Å². The molecule has 0 atom stereocenters. The number of halogens is 1. The van der Waals surface area contributed by atoms with E-state index in [1.54, 1.807) is 16.8 Å². The Balaban J connectivity index is 1.72. The third-order valence-corrected chi connectivity index (χ3v) is 6.61. The summed E-state index contributed by atoms with van der Waals surface area (Å²) in [6, 6.07) is 14.5. The SMILES string of the molecule is CCCC#Cc1ccc(-c2cc(C(=O)C3CCCCCCC3)nn2-c2ccc(OC)c(F)c2)cc1. The molecule has 35 heavy (non-hydrogen) atoms. The first-order valence-electron chi connectivity index (χ1n) is 12.7. The van der Waals surface area contributed by atoms with E-state index in [0.29, 0.717) is 11.4 Å². The Morgan fingerprint density at radius 3 is 2.43 bits per heavy atom. The van der Waals surface area contributed by atoms with E-state index < -0.39 is 5.82 Å². The van der Waals surface area contributed by atoms with Crippen molar-refractivity contribution in [3.8, 4) is 34.5 Å². The summed E-state index contributed by atoms with van der Waals surface area (Å²) in [4.78, 5) is 13.5. The molecule has 0 N–H and O–H groups in total. The van der Waals surface area contributed by atoms with Crippen LogP contribution in [0.15, 0.2) is 48.5 Å². The second-order valence-electron chi connectivity index (χ2n) is 9.18. The molecule has 0 aliphatic heterocycles. The molecule has 4 rings (SSSR count). The minimum absolute atomic E-state index is 0.00433. The van der Waals surface area contributed by atoms with Gasteiger partial charge in [0, 0.05) is 29.5 Å². The van der Waals surface area contributed by atoms with E-state index in [-0.39, 0.29) is 17.5 Å². The number of Topliss-reactive ketones (excluding diaryl/α,β-unsaturated/α-hetero) is 1. The Bertz CT molecular complexity index is 1210. The van der Waals surface area contributed by atoms with Crippen molar-refractivity contribution < 1.29 is 13.9 Å². The number of carbonyl (C=O) groups excluding carboxylic acids is 1. The largest absolute Gasteiger partial charge is 0.494 e. The third-order valence-electron chi connectivity index (χ3n) is 6.61. The number of nitrogens with zero attached hydrogens (tertiary/aromatic N) is 2. The van der Waals surface area contributed by atoms with Gasteiger partial charge in [0.2, 0.25) is 0 Å². The van der Waals surface area contributed by atoms with Crippen molar-refractivity contribution in [3.63, 3.8) is 0 Å². The highest BCUT2D eigenvalue weighted by Gasteiger charge is 2.25. The van der Waals surface area contributed by atoms with Crippen molar-refractivity contribution in [2.45, 2.75) is 64.7 Å². The number of hydrogen-bond acceptors (Lipinski definition) is 3. The fraction of sp³-hybridized carbons (Fsp3) is 0.400. The van der Waals surface area contributed by atoms with Crippen LogP contribution >= 0.6 is 0 Å². The minimum atomic E-state index is -0.471. The summed E-state index contributed by atoms with van der Waals surface area (Å²) in [5.41, 5.74) is 3.56. The van der Waals surface area contributed by atoms with E-state index in [1.807, 2.05) is 30.3 Å². The maximum atomic E-state index is 14.6. The molecule has 1 aliphatic carbocycles. The van der Waals surface area contributed by atoms with Crippen molar-refractivity contribution in [1.82, 2.24) is 9.78 Å². The summed E-state index contributed by atoms with van der Waals surface area (Å²) < 4.78 is 21.3. The molecule has 0 unspecified atom stereocenters. The molecule has 0 amide bonds. The van der Waals surface area contributed by atoms with Crippen LogP contribution in [0.3, 0.4) is 0 Å². The lowest BCUT2D eigenvalue weighted by Gasteiger charge is -2.17. The average molecular weight is 473 g/mol. The Labute approximate surface area is 207 Å².